The van der Waals surface area contributed by atoms with Crippen LogP contribution in [0.4, 0.5) is 0 Å². The predicted octanol–water partition coefficient (Wildman–Crippen LogP) is 8.87. The van der Waals surface area contributed by atoms with E-state index in [9.17, 15) is 0 Å². The van der Waals surface area contributed by atoms with Crippen LogP contribution in [0.1, 0.15) is 5.56 Å². The first kappa shape index (κ1) is 21.3. The van der Waals surface area contributed by atoms with Crippen molar-refractivity contribution in [2.75, 3.05) is 0 Å². The van der Waals surface area contributed by atoms with Crippen molar-refractivity contribution in [2.45, 2.75) is 0 Å². The van der Waals surface area contributed by atoms with E-state index in [1.54, 1.807) is 11.3 Å². The molecule has 0 radical (unpaired) electrons. The molecule has 8 rings (SSSR count). The Hall–Kier alpha value is -4.80. The second-order valence-corrected chi connectivity index (χ2v) is 10.9. The highest BCUT2D eigenvalue weighted by Gasteiger charge is 2.22. The normalized spacial score (nSPS) is 11.9. The molecule has 0 amide bonds. The van der Waals surface area contributed by atoms with E-state index >= 15 is 0 Å². The zero-order valence-corrected chi connectivity index (χ0v) is 21.1. The Balaban J connectivity index is 1.34. The Morgan fingerprint density at radius 2 is 1.45 bits per heavy atom. The minimum Gasteiger partial charge on any atom is -0.384 e. The van der Waals surface area contributed by atoms with Crippen molar-refractivity contribution in [1.29, 1.82) is 5.41 Å². The molecular weight excluding hydrogens is 482 g/mol. The largest absolute Gasteiger partial charge is 0.384 e. The SMILES string of the molecule is N=C(N)c1cc(-c2ccc3c(c2)-c2cccc4cccc-3c24)cc(-c2ccnc3c2sc2ccccc23)c1. The number of benzene rings is 5. The summed E-state index contributed by atoms with van der Waals surface area (Å²) in [6, 6.07) is 36.5. The van der Waals surface area contributed by atoms with E-state index in [1.165, 1.54) is 43.1 Å². The van der Waals surface area contributed by atoms with Crippen LogP contribution in [0.5, 0.6) is 0 Å². The third-order valence-electron chi connectivity index (χ3n) is 7.65. The standard InChI is InChI=1S/C34H21N3S/c35-34(36)23-16-21(15-22(17-23)24-13-14-37-32-28-7-1-2-10-30(28)38-33(24)32)20-11-12-25-26-8-3-5-19-6-4-9-27(31(19)26)29(25)18-20/h1-18H,(H3,35,36). The smallest absolute Gasteiger partial charge is 0.122 e. The molecule has 0 saturated heterocycles. The number of nitrogens with one attached hydrogen (secondary N) is 1. The number of fused-ring (bicyclic) bond motifs is 6. The van der Waals surface area contributed by atoms with Crippen molar-refractivity contribution in [3.63, 3.8) is 0 Å². The molecule has 2 aromatic heterocycles. The van der Waals surface area contributed by atoms with E-state index in [4.69, 9.17) is 16.1 Å². The highest BCUT2D eigenvalue weighted by Crippen LogP contribution is 2.48. The van der Waals surface area contributed by atoms with Crippen molar-refractivity contribution in [3.05, 3.63) is 115 Å². The van der Waals surface area contributed by atoms with Gasteiger partial charge in [0, 0.05) is 27.4 Å². The third kappa shape index (κ3) is 3.01. The lowest BCUT2D eigenvalue weighted by Crippen LogP contribution is -2.11. The molecule has 4 heteroatoms. The number of nitrogens with two attached hydrogens (primary N) is 1. The van der Waals surface area contributed by atoms with Gasteiger partial charge >= 0.3 is 0 Å². The number of thiophene rings is 1. The summed E-state index contributed by atoms with van der Waals surface area (Å²) < 4.78 is 2.37. The molecule has 1 aliphatic carbocycles. The van der Waals surface area contributed by atoms with Gasteiger partial charge in [-0.1, -0.05) is 66.7 Å². The average molecular weight is 504 g/mol. The van der Waals surface area contributed by atoms with Gasteiger partial charge in [0.2, 0.25) is 0 Å². The molecule has 1 aliphatic rings. The van der Waals surface area contributed by atoms with E-state index in [1.807, 2.05) is 18.3 Å². The first-order chi connectivity index (χ1) is 18.7. The topological polar surface area (TPSA) is 62.8 Å². The maximum atomic E-state index is 8.26. The Kier molecular flexibility index (Phi) is 4.40. The molecular formula is C34H21N3S. The first-order valence-corrected chi connectivity index (χ1v) is 13.4. The van der Waals surface area contributed by atoms with Crippen LogP contribution in [0.25, 0.3) is 75.6 Å². The number of nitrogen functional groups attached to an aromatic ring is 1. The van der Waals surface area contributed by atoms with Crippen LogP contribution in [-0.2, 0) is 0 Å². The minimum atomic E-state index is 0.0630. The van der Waals surface area contributed by atoms with Crippen LogP contribution in [0.2, 0.25) is 0 Å². The number of aromatic nitrogens is 1. The zero-order valence-electron chi connectivity index (χ0n) is 20.3. The van der Waals surface area contributed by atoms with Crippen LogP contribution in [0, 0.1) is 5.41 Å². The molecule has 38 heavy (non-hydrogen) atoms. The molecule has 0 unspecified atom stereocenters. The van der Waals surface area contributed by atoms with E-state index in [0.29, 0.717) is 0 Å². The van der Waals surface area contributed by atoms with Gasteiger partial charge in [-0.25, -0.2) is 0 Å². The van der Waals surface area contributed by atoms with Gasteiger partial charge in [-0.2, -0.15) is 0 Å². The maximum Gasteiger partial charge on any atom is 0.122 e. The summed E-state index contributed by atoms with van der Waals surface area (Å²) in [4.78, 5) is 4.71. The van der Waals surface area contributed by atoms with Gasteiger partial charge < -0.3 is 5.73 Å². The molecule has 0 saturated carbocycles. The number of hydrogen-bond acceptors (Lipinski definition) is 3. The van der Waals surface area contributed by atoms with Gasteiger partial charge in [0.25, 0.3) is 0 Å². The van der Waals surface area contributed by atoms with Crippen molar-refractivity contribution in [3.8, 4) is 44.5 Å². The molecule has 0 spiro atoms. The van der Waals surface area contributed by atoms with E-state index < -0.39 is 0 Å². The molecule has 5 aromatic carbocycles. The first-order valence-electron chi connectivity index (χ1n) is 12.6. The highest BCUT2D eigenvalue weighted by atomic mass is 32.1. The van der Waals surface area contributed by atoms with Crippen LogP contribution >= 0.6 is 11.3 Å². The molecule has 3 N–H and O–H groups in total. The number of hydrogen-bond donors (Lipinski definition) is 2. The lowest BCUT2D eigenvalue weighted by atomic mass is 9.93. The third-order valence-corrected chi connectivity index (χ3v) is 8.85. The monoisotopic (exact) mass is 503 g/mol. The Bertz CT molecular complexity index is 2110. The average Bonchev–Trinajstić information content (AvgIpc) is 3.50. The fraction of sp³-hybridized carbons (Fsp3) is 0. The summed E-state index contributed by atoms with van der Waals surface area (Å²) >= 11 is 1.76. The molecule has 178 valence electrons. The van der Waals surface area contributed by atoms with Gasteiger partial charge in [0.15, 0.2) is 0 Å². The number of rotatable bonds is 3. The highest BCUT2D eigenvalue weighted by molar-refractivity contribution is 7.26. The Morgan fingerprint density at radius 3 is 2.29 bits per heavy atom. The fourth-order valence-electron chi connectivity index (χ4n) is 5.91. The predicted molar refractivity (Wildman–Crippen MR) is 161 cm³/mol. The van der Waals surface area contributed by atoms with Gasteiger partial charge in [0.1, 0.15) is 5.84 Å². The lowest BCUT2D eigenvalue weighted by Gasteiger charge is -2.12. The molecule has 7 aromatic rings. The quantitative estimate of drug-likeness (QED) is 0.187. The Morgan fingerprint density at radius 1 is 0.658 bits per heavy atom. The summed E-state index contributed by atoms with van der Waals surface area (Å²) in [7, 11) is 0. The van der Waals surface area contributed by atoms with Crippen molar-refractivity contribution in [1.82, 2.24) is 4.98 Å². The molecule has 0 aliphatic heterocycles. The summed E-state index contributed by atoms with van der Waals surface area (Å²) in [5.74, 6) is 0.0630. The molecule has 0 bridgehead atoms. The second-order valence-electron chi connectivity index (χ2n) is 9.82. The van der Waals surface area contributed by atoms with Crippen molar-refractivity contribution < 1.29 is 0 Å². The van der Waals surface area contributed by atoms with Gasteiger partial charge in [0.05, 0.1) is 10.2 Å². The lowest BCUT2D eigenvalue weighted by molar-refractivity contribution is 1.42. The van der Waals surface area contributed by atoms with E-state index in [0.717, 1.165) is 38.0 Å². The number of nitrogens with zero attached hydrogens (tertiary/aromatic N) is 1. The molecule has 0 atom stereocenters. The van der Waals surface area contributed by atoms with Gasteiger partial charge in [-0.15, -0.1) is 11.3 Å². The molecule has 0 fully saturated rings. The molecule has 2 heterocycles. The van der Waals surface area contributed by atoms with E-state index in [2.05, 4.69) is 91.0 Å². The molecule has 3 nitrogen and oxygen atoms in total. The van der Waals surface area contributed by atoms with Crippen LogP contribution < -0.4 is 5.73 Å². The van der Waals surface area contributed by atoms with Gasteiger partial charge in [-0.05, 0) is 86.1 Å². The maximum absolute atomic E-state index is 8.26. The second kappa shape index (κ2) is 7.85. The summed E-state index contributed by atoms with van der Waals surface area (Å²) in [5, 5.41) is 12.0. The fourth-order valence-corrected chi connectivity index (χ4v) is 7.10. The van der Waals surface area contributed by atoms with Crippen LogP contribution in [0.3, 0.4) is 0 Å². The van der Waals surface area contributed by atoms with Gasteiger partial charge in [-0.3, -0.25) is 10.4 Å². The number of pyridine rings is 1. The minimum absolute atomic E-state index is 0.0630. The summed E-state index contributed by atoms with van der Waals surface area (Å²) in [6.45, 7) is 0. The van der Waals surface area contributed by atoms with Crippen molar-refractivity contribution in [2.24, 2.45) is 5.73 Å². The van der Waals surface area contributed by atoms with Crippen LogP contribution in [0.15, 0.2) is 109 Å². The van der Waals surface area contributed by atoms with Crippen LogP contribution in [-0.4, -0.2) is 10.8 Å². The summed E-state index contributed by atoms with van der Waals surface area (Å²) in [6.07, 6.45) is 1.88. The number of amidine groups is 1. The summed E-state index contributed by atoms with van der Waals surface area (Å²) in [5.41, 5.74) is 17.2. The van der Waals surface area contributed by atoms with Crippen molar-refractivity contribution >= 4 is 48.2 Å². The Labute approximate surface area is 223 Å². The van der Waals surface area contributed by atoms with E-state index in [-0.39, 0.29) is 5.84 Å². The zero-order chi connectivity index (χ0) is 25.4.